The van der Waals surface area contributed by atoms with Crippen molar-refractivity contribution in [2.45, 2.75) is 25.8 Å². The highest BCUT2D eigenvalue weighted by atomic mass is 32.2. The molecule has 1 aromatic carbocycles. The van der Waals surface area contributed by atoms with Gasteiger partial charge in [0.15, 0.2) is 0 Å². The van der Waals surface area contributed by atoms with E-state index in [2.05, 4.69) is 5.32 Å². The molecule has 0 bridgehead atoms. The number of carbonyl (C=O) groups is 1. The van der Waals surface area contributed by atoms with Crippen molar-refractivity contribution in [3.05, 3.63) is 35.4 Å². The van der Waals surface area contributed by atoms with Crippen molar-refractivity contribution in [2.75, 3.05) is 38.5 Å². The van der Waals surface area contributed by atoms with E-state index in [1.54, 1.807) is 4.90 Å². The Morgan fingerprint density at radius 3 is 2.54 bits per heavy atom. The monoisotopic (exact) mass is 351 g/mol. The number of benzene rings is 1. The van der Waals surface area contributed by atoms with Gasteiger partial charge in [0.25, 0.3) is 5.91 Å². The van der Waals surface area contributed by atoms with Gasteiger partial charge in [0.2, 0.25) is 10.0 Å². The first-order valence-electron chi connectivity index (χ1n) is 8.54. The number of nitrogens with zero attached hydrogens (tertiary/aromatic N) is 2. The summed E-state index contributed by atoms with van der Waals surface area (Å²) in [4.78, 5) is 14.6. The van der Waals surface area contributed by atoms with Crippen molar-refractivity contribution >= 4 is 15.9 Å². The summed E-state index contributed by atoms with van der Waals surface area (Å²) in [5, 5.41) is 3.16. The average molecular weight is 351 g/mol. The Balaban J connectivity index is 1.68. The number of piperazine rings is 1. The van der Waals surface area contributed by atoms with Crippen LogP contribution in [0.15, 0.2) is 24.3 Å². The molecule has 7 heteroatoms. The number of aryl methyl sites for hydroxylation is 1. The van der Waals surface area contributed by atoms with Gasteiger partial charge in [0, 0.05) is 44.3 Å². The van der Waals surface area contributed by atoms with Crippen LogP contribution in [0.4, 0.5) is 0 Å². The molecule has 0 unspecified atom stereocenters. The summed E-state index contributed by atoms with van der Waals surface area (Å²) in [6.45, 7) is 4.58. The summed E-state index contributed by atoms with van der Waals surface area (Å²) >= 11 is 0. The lowest BCUT2D eigenvalue weighted by molar-refractivity contribution is 0.0752. The van der Waals surface area contributed by atoms with Gasteiger partial charge in [-0.1, -0.05) is 18.2 Å². The van der Waals surface area contributed by atoms with Gasteiger partial charge in [-0.05, 0) is 31.4 Å². The molecular weight excluding hydrogens is 326 g/mol. The third-order valence-electron chi connectivity index (χ3n) is 4.68. The SMILES string of the molecule is Cc1ccccc1C(=O)N(CCS(=O)(=O)N1CCNCC1)C1CC1. The average Bonchev–Trinajstić information content (AvgIpc) is 3.41. The van der Waals surface area contributed by atoms with E-state index >= 15 is 0 Å². The van der Waals surface area contributed by atoms with Gasteiger partial charge < -0.3 is 10.2 Å². The fraction of sp³-hybridized carbons (Fsp3) is 0.588. The first-order chi connectivity index (χ1) is 11.5. The lowest BCUT2D eigenvalue weighted by Crippen LogP contribution is -2.48. The first kappa shape index (κ1) is 17.4. The fourth-order valence-electron chi connectivity index (χ4n) is 3.07. The smallest absolute Gasteiger partial charge is 0.254 e. The van der Waals surface area contributed by atoms with Gasteiger partial charge in [0.05, 0.1) is 5.75 Å². The van der Waals surface area contributed by atoms with Crippen LogP contribution in [0.2, 0.25) is 0 Å². The Labute approximate surface area is 143 Å². The topological polar surface area (TPSA) is 69.7 Å². The van der Waals surface area contributed by atoms with Gasteiger partial charge in [-0.3, -0.25) is 4.79 Å². The van der Waals surface area contributed by atoms with Crippen LogP contribution in [0, 0.1) is 6.92 Å². The maximum Gasteiger partial charge on any atom is 0.254 e. The summed E-state index contributed by atoms with van der Waals surface area (Å²) in [5.41, 5.74) is 1.60. The quantitative estimate of drug-likeness (QED) is 0.824. The van der Waals surface area contributed by atoms with Gasteiger partial charge >= 0.3 is 0 Å². The van der Waals surface area contributed by atoms with Crippen LogP contribution in [-0.4, -0.2) is 68.0 Å². The third kappa shape index (κ3) is 3.96. The fourth-order valence-corrected chi connectivity index (χ4v) is 4.49. The summed E-state index contributed by atoms with van der Waals surface area (Å²) in [5.74, 6) is -0.0488. The maximum absolute atomic E-state index is 12.8. The molecule has 1 N–H and O–H groups in total. The predicted octanol–water partition coefficient (Wildman–Crippen LogP) is 0.835. The zero-order chi connectivity index (χ0) is 17.2. The lowest BCUT2D eigenvalue weighted by Gasteiger charge is -2.28. The number of amides is 1. The molecule has 0 radical (unpaired) electrons. The largest absolute Gasteiger partial charge is 0.335 e. The van der Waals surface area contributed by atoms with E-state index in [9.17, 15) is 13.2 Å². The van der Waals surface area contributed by atoms with Gasteiger partial charge in [0.1, 0.15) is 0 Å². The predicted molar refractivity (Wildman–Crippen MR) is 93.5 cm³/mol. The van der Waals surface area contributed by atoms with Gasteiger partial charge in [-0.15, -0.1) is 0 Å². The molecule has 1 aliphatic heterocycles. The summed E-state index contributed by atoms with van der Waals surface area (Å²) in [7, 11) is -3.31. The van der Waals surface area contributed by atoms with E-state index in [1.165, 1.54) is 4.31 Å². The van der Waals surface area contributed by atoms with Crippen LogP contribution in [0.3, 0.4) is 0 Å². The molecule has 3 rings (SSSR count). The van der Waals surface area contributed by atoms with Crippen LogP contribution in [0.1, 0.15) is 28.8 Å². The minimum Gasteiger partial charge on any atom is -0.335 e. The van der Waals surface area contributed by atoms with E-state index in [-0.39, 0.29) is 24.2 Å². The summed E-state index contributed by atoms with van der Waals surface area (Å²) < 4.78 is 26.6. The van der Waals surface area contributed by atoms with E-state index in [0.29, 0.717) is 31.7 Å². The van der Waals surface area contributed by atoms with Gasteiger partial charge in [-0.25, -0.2) is 8.42 Å². The van der Waals surface area contributed by atoms with Crippen LogP contribution >= 0.6 is 0 Å². The maximum atomic E-state index is 12.8. The van der Waals surface area contributed by atoms with Crippen LogP contribution in [-0.2, 0) is 10.0 Å². The van der Waals surface area contributed by atoms with Gasteiger partial charge in [-0.2, -0.15) is 4.31 Å². The highest BCUT2D eigenvalue weighted by molar-refractivity contribution is 7.89. The first-order valence-corrected chi connectivity index (χ1v) is 10.1. The van der Waals surface area contributed by atoms with E-state index in [1.807, 2.05) is 31.2 Å². The Kier molecular flexibility index (Phi) is 5.22. The molecule has 0 spiro atoms. The molecule has 1 amide bonds. The van der Waals surface area contributed by atoms with Crippen LogP contribution < -0.4 is 5.32 Å². The molecule has 132 valence electrons. The standard InChI is InChI=1S/C17H25N3O3S/c1-14-4-2-3-5-16(14)17(21)20(15-6-7-15)12-13-24(22,23)19-10-8-18-9-11-19/h2-5,15,18H,6-13H2,1H3. The molecule has 0 atom stereocenters. The van der Waals surface area contributed by atoms with E-state index in [4.69, 9.17) is 0 Å². The molecule has 1 saturated carbocycles. The Bertz CT molecular complexity index is 695. The zero-order valence-corrected chi connectivity index (χ0v) is 14.9. The van der Waals surface area contributed by atoms with Crippen LogP contribution in [0.5, 0.6) is 0 Å². The van der Waals surface area contributed by atoms with E-state index in [0.717, 1.165) is 18.4 Å². The highest BCUT2D eigenvalue weighted by Gasteiger charge is 2.35. The number of sulfonamides is 1. The molecule has 2 fully saturated rings. The Morgan fingerprint density at radius 1 is 1.25 bits per heavy atom. The number of hydrogen-bond acceptors (Lipinski definition) is 4. The summed E-state index contributed by atoms with van der Waals surface area (Å²) in [6, 6.07) is 7.68. The molecule has 1 aliphatic carbocycles. The van der Waals surface area contributed by atoms with Crippen molar-refractivity contribution in [1.82, 2.24) is 14.5 Å². The highest BCUT2D eigenvalue weighted by Crippen LogP contribution is 2.29. The molecular formula is C17H25N3O3S. The second kappa shape index (κ2) is 7.21. The van der Waals surface area contributed by atoms with Crippen molar-refractivity contribution < 1.29 is 13.2 Å². The third-order valence-corrected chi connectivity index (χ3v) is 6.53. The number of rotatable bonds is 6. The summed E-state index contributed by atoms with van der Waals surface area (Å²) in [6.07, 6.45) is 1.93. The molecule has 2 aliphatic rings. The molecule has 24 heavy (non-hydrogen) atoms. The molecule has 6 nitrogen and oxygen atoms in total. The van der Waals surface area contributed by atoms with Crippen molar-refractivity contribution in [1.29, 1.82) is 0 Å². The lowest BCUT2D eigenvalue weighted by atomic mass is 10.1. The molecule has 1 heterocycles. The zero-order valence-electron chi connectivity index (χ0n) is 14.1. The van der Waals surface area contributed by atoms with Crippen LogP contribution in [0.25, 0.3) is 0 Å². The molecule has 0 aromatic heterocycles. The minimum absolute atomic E-state index is 0.00111. The number of hydrogen-bond donors (Lipinski definition) is 1. The van der Waals surface area contributed by atoms with Crippen molar-refractivity contribution in [2.24, 2.45) is 0 Å². The van der Waals surface area contributed by atoms with Crippen molar-refractivity contribution in [3.8, 4) is 0 Å². The number of nitrogens with one attached hydrogen (secondary N) is 1. The van der Waals surface area contributed by atoms with E-state index < -0.39 is 10.0 Å². The Morgan fingerprint density at radius 2 is 1.92 bits per heavy atom. The molecule has 1 saturated heterocycles. The second-order valence-corrected chi connectivity index (χ2v) is 8.60. The second-order valence-electron chi connectivity index (χ2n) is 6.51. The normalized spacial score (nSPS) is 19.2. The Hall–Kier alpha value is -1.44. The number of carbonyl (C=O) groups excluding carboxylic acids is 1. The van der Waals surface area contributed by atoms with Crippen molar-refractivity contribution in [3.63, 3.8) is 0 Å². The minimum atomic E-state index is -3.31. The molecule has 1 aromatic rings.